The summed E-state index contributed by atoms with van der Waals surface area (Å²) < 4.78 is 5.44. The molecule has 0 unspecified atom stereocenters. The Labute approximate surface area is 224 Å². The maximum atomic E-state index is 13.7. The number of aliphatic hydroxyl groups is 1. The second kappa shape index (κ2) is 11.0. The predicted molar refractivity (Wildman–Crippen MR) is 141 cm³/mol. The van der Waals surface area contributed by atoms with Crippen LogP contribution < -0.4 is 10.2 Å². The Balaban J connectivity index is 1.47. The zero-order valence-electron chi connectivity index (χ0n) is 21.1. The number of pyridine rings is 1. The summed E-state index contributed by atoms with van der Waals surface area (Å²) in [6.07, 6.45) is 4.30. The van der Waals surface area contributed by atoms with Crippen molar-refractivity contribution in [2.45, 2.75) is 24.6 Å². The van der Waals surface area contributed by atoms with Crippen molar-refractivity contribution in [2.24, 2.45) is 5.92 Å². The highest BCUT2D eigenvalue weighted by molar-refractivity contribution is 6.08. The molecule has 0 spiro atoms. The highest BCUT2D eigenvalue weighted by Crippen LogP contribution is 2.38. The molecule has 4 atom stereocenters. The van der Waals surface area contributed by atoms with Gasteiger partial charge in [0.05, 0.1) is 24.0 Å². The third-order valence-electron chi connectivity index (χ3n) is 6.98. The summed E-state index contributed by atoms with van der Waals surface area (Å²) in [6, 6.07) is 16.5. The fraction of sp³-hybridized carbons (Fsp3) is 0.250. The van der Waals surface area contributed by atoms with Crippen LogP contribution in [0.25, 0.3) is 0 Å². The van der Waals surface area contributed by atoms with E-state index in [4.69, 9.17) is 4.74 Å². The molecule has 2 amide bonds. The van der Waals surface area contributed by atoms with Gasteiger partial charge >= 0.3 is 0 Å². The molecule has 2 aromatic carbocycles. The van der Waals surface area contributed by atoms with Gasteiger partial charge in [-0.05, 0) is 30.3 Å². The van der Waals surface area contributed by atoms with Gasteiger partial charge in [0, 0.05) is 48.2 Å². The highest BCUT2D eigenvalue weighted by atomic mass is 16.6. The first-order valence-electron chi connectivity index (χ1n) is 12.4. The van der Waals surface area contributed by atoms with Crippen LogP contribution in [0.5, 0.6) is 5.75 Å². The van der Waals surface area contributed by atoms with Crippen molar-refractivity contribution in [3.8, 4) is 5.75 Å². The van der Waals surface area contributed by atoms with Gasteiger partial charge in [0.1, 0.15) is 17.9 Å². The number of aliphatic hydroxyl groups excluding tert-OH is 1. The van der Waals surface area contributed by atoms with Crippen molar-refractivity contribution in [1.82, 2.24) is 14.9 Å². The van der Waals surface area contributed by atoms with E-state index in [0.717, 1.165) is 5.69 Å². The summed E-state index contributed by atoms with van der Waals surface area (Å²) in [5.74, 6) is -1.04. The maximum Gasteiger partial charge on any atom is 0.269 e. The van der Waals surface area contributed by atoms with E-state index in [-0.39, 0.29) is 18.1 Å². The first-order chi connectivity index (χ1) is 18.9. The number of likely N-dealkylation sites (tertiary alicyclic amines) is 1. The van der Waals surface area contributed by atoms with E-state index >= 15 is 0 Å². The van der Waals surface area contributed by atoms with Crippen LogP contribution in [0.4, 0.5) is 11.4 Å². The summed E-state index contributed by atoms with van der Waals surface area (Å²) >= 11 is 0. The van der Waals surface area contributed by atoms with Gasteiger partial charge in [0.15, 0.2) is 0 Å². The number of nitro benzene ring substituents is 1. The van der Waals surface area contributed by atoms with Crippen LogP contribution in [0, 0.1) is 16.0 Å². The topological polar surface area (TPSA) is 138 Å². The molecule has 1 fully saturated rings. The molecule has 11 heteroatoms. The largest absolute Gasteiger partial charge is 0.496 e. The Morgan fingerprint density at radius 3 is 2.49 bits per heavy atom. The molecular weight excluding hydrogens is 502 g/mol. The van der Waals surface area contributed by atoms with Crippen LogP contribution >= 0.6 is 0 Å². The van der Waals surface area contributed by atoms with E-state index in [1.807, 2.05) is 12.1 Å². The van der Waals surface area contributed by atoms with Crippen molar-refractivity contribution in [3.63, 3.8) is 0 Å². The van der Waals surface area contributed by atoms with Gasteiger partial charge in [-0.3, -0.25) is 29.6 Å². The second-order valence-electron chi connectivity index (χ2n) is 9.26. The molecule has 2 aliphatic heterocycles. The number of nitrogens with zero attached hydrogens (tertiary/aromatic N) is 4. The Bertz CT molecular complexity index is 1400. The number of hydrogen-bond acceptors (Lipinski definition) is 9. The van der Waals surface area contributed by atoms with Crippen LogP contribution in [-0.4, -0.2) is 62.5 Å². The normalized spacial score (nSPS) is 21.5. The molecular formula is C28H27N5O6. The molecule has 11 nitrogen and oxygen atoms in total. The Hall–Kier alpha value is -4.61. The number of hydrogen-bond donors (Lipinski definition) is 2. The smallest absolute Gasteiger partial charge is 0.269 e. The van der Waals surface area contributed by atoms with Crippen LogP contribution in [0.3, 0.4) is 0 Å². The third-order valence-corrected chi connectivity index (χ3v) is 6.98. The number of ether oxygens (including phenoxy) is 1. The van der Waals surface area contributed by atoms with E-state index in [0.29, 0.717) is 23.4 Å². The summed E-state index contributed by atoms with van der Waals surface area (Å²) in [4.78, 5) is 43.2. The van der Waals surface area contributed by atoms with Gasteiger partial charge in [0.25, 0.3) is 5.69 Å². The quantitative estimate of drug-likeness (QED) is 0.185. The van der Waals surface area contributed by atoms with Gasteiger partial charge in [-0.15, -0.1) is 0 Å². The summed E-state index contributed by atoms with van der Waals surface area (Å²) in [5, 5.41) is 24.2. The van der Waals surface area contributed by atoms with Gasteiger partial charge in [0.2, 0.25) is 11.8 Å². The third kappa shape index (κ3) is 5.09. The number of imide groups is 1. The molecule has 2 N–H and O–H groups in total. The minimum absolute atomic E-state index is 0.0876. The van der Waals surface area contributed by atoms with Gasteiger partial charge in [-0.25, -0.2) is 5.01 Å². The molecule has 39 heavy (non-hydrogen) atoms. The lowest BCUT2D eigenvalue weighted by Gasteiger charge is -2.40. The number of para-hydroxylation sites is 1. The zero-order chi connectivity index (χ0) is 27.5. The van der Waals surface area contributed by atoms with Gasteiger partial charge < -0.3 is 15.3 Å². The molecule has 2 aliphatic rings. The lowest BCUT2D eigenvalue weighted by atomic mass is 9.90. The molecule has 1 aromatic heterocycles. The number of fused-ring (bicyclic) bond motifs is 1. The highest BCUT2D eigenvalue weighted by Gasteiger charge is 2.53. The number of rotatable bonds is 9. The van der Waals surface area contributed by atoms with Gasteiger partial charge in [-0.2, -0.15) is 0 Å². The number of hydrazine groups is 1. The van der Waals surface area contributed by atoms with Crippen LogP contribution in [0.1, 0.15) is 17.4 Å². The number of carbonyl (C=O) groups is 2. The number of nitrogens with one attached hydrogen (secondary N) is 1. The summed E-state index contributed by atoms with van der Waals surface area (Å²) in [5.41, 5.74) is 4.78. The number of methoxy groups -OCH3 is 1. The van der Waals surface area contributed by atoms with Crippen molar-refractivity contribution < 1.29 is 24.4 Å². The van der Waals surface area contributed by atoms with Crippen molar-refractivity contribution in [2.75, 3.05) is 19.1 Å². The number of non-ortho nitro benzene ring substituents is 1. The van der Waals surface area contributed by atoms with Crippen LogP contribution in [0.15, 0.2) is 85.1 Å². The van der Waals surface area contributed by atoms with E-state index in [1.165, 1.54) is 36.3 Å². The number of carbonyl (C=O) groups excluding carboxylic acids is 2. The number of amides is 2. The zero-order valence-corrected chi connectivity index (χ0v) is 21.1. The fourth-order valence-electron chi connectivity index (χ4n) is 5.02. The van der Waals surface area contributed by atoms with Crippen molar-refractivity contribution in [1.29, 1.82) is 0 Å². The molecule has 0 bridgehead atoms. The first kappa shape index (κ1) is 26.0. The van der Waals surface area contributed by atoms with E-state index in [2.05, 4.69) is 10.4 Å². The molecule has 1 saturated heterocycles. The lowest BCUT2D eigenvalue weighted by molar-refractivity contribution is -0.384. The maximum absolute atomic E-state index is 13.7. The van der Waals surface area contributed by atoms with Crippen molar-refractivity contribution in [3.05, 3.63) is 106 Å². The van der Waals surface area contributed by atoms with E-state index in [9.17, 15) is 24.8 Å². The molecule has 3 heterocycles. The van der Waals surface area contributed by atoms with Gasteiger partial charge in [-0.1, -0.05) is 36.4 Å². The predicted octanol–water partition coefficient (Wildman–Crippen LogP) is 2.90. The minimum atomic E-state index is -1.13. The molecule has 200 valence electrons. The number of anilines is 1. The number of nitro groups is 1. The van der Waals surface area contributed by atoms with E-state index in [1.54, 1.807) is 53.7 Å². The minimum Gasteiger partial charge on any atom is -0.496 e. The molecule has 5 rings (SSSR count). The monoisotopic (exact) mass is 529 g/mol. The number of aromatic nitrogens is 1. The second-order valence-corrected chi connectivity index (χ2v) is 9.26. The molecule has 0 aliphatic carbocycles. The van der Waals surface area contributed by atoms with Crippen LogP contribution in [0.2, 0.25) is 0 Å². The Morgan fingerprint density at radius 2 is 1.79 bits per heavy atom. The summed E-state index contributed by atoms with van der Waals surface area (Å²) in [7, 11) is 1.50. The first-order valence-corrected chi connectivity index (χ1v) is 12.4. The summed E-state index contributed by atoms with van der Waals surface area (Å²) in [6.45, 7) is 0.167. The Kier molecular flexibility index (Phi) is 7.35. The average Bonchev–Trinajstić information content (AvgIpc) is 3.21. The SMILES string of the molecule is COc1ccccc1[C@@H](O)[C@H]1C=C[C@H]2C(=O)N(CCc3ccccn3)C(=O)[C@H]2N1Nc1ccc([N+](=O)[O-])cc1. The molecule has 0 saturated carbocycles. The average molecular weight is 530 g/mol. The van der Waals surface area contributed by atoms with Crippen LogP contribution in [-0.2, 0) is 16.0 Å². The van der Waals surface area contributed by atoms with Crippen molar-refractivity contribution >= 4 is 23.2 Å². The number of benzene rings is 2. The molecule has 3 aromatic rings. The molecule has 0 radical (unpaired) electrons. The Morgan fingerprint density at radius 1 is 1.05 bits per heavy atom. The lowest BCUT2D eigenvalue weighted by Crippen LogP contribution is -2.55. The van der Waals surface area contributed by atoms with E-state index < -0.39 is 34.9 Å². The fourth-order valence-corrected chi connectivity index (χ4v) is 5.02. The standard InChI is InChI=1S/C28H27N5O6/c1-39-24-8-3-2-7-21(24)26(34)23-14-13-22-25(32(23)30-19-9-11-20(12-10-19)33(37)38)28(36)31(27(22)35)17-15-18-6-4-5-16-29-18/h2-14,16,22-23,25-26,30,34H,15,17H2,1H3/t22-,23-,25+,26-/m1/s1.